The summed E-state index contributed by atoms with van der Waals surface area (Å²) < 4.78 is 0. The molecule has 0 saturated carbocycles. The first-order valence-electron chi connectivity index (χ1n) is 10.2. The molecule has 2 aromatic carbocycles. The first-order chi connectivity index (χ1) is 15.3. The maximum atomic E-state index is 13.1. The summed E-state index contributed by atoms with van der Waals surface area (Å²) in [6.07, 6.45) is 1.20. The third-order valence-electron chi connectivity index (χ3n) is 5.69. The largest absolute Gasteiger partial charge is 0.325 e. The maximum absolute atomic E-state index is 13.1. The molecule has 9 heteroatoms. The van der Waals surface area contributed by atoms with Gasteiger partial charge in [-0.2, -0.15) is 5.26 Å². The van der Waals surface area contributed by atoms with Crippen LogP contribution in [0.2, 0.25) is 0 Å². The fourth-order valence-electron chi connectivity index (χ4n) is 3.99. The SMILES string of the molecule is CC1(c2cccc(C#N)c2)NC(=O)N(CC(=O)Nc2ccccc2N2CCCC2=O)C1=O. The van der Waals surface area contributed by atoms with Crippen molar-refractivity contribution in [2.75, 3.05) is 23.3 Å². The topological polar surface area (TPSA) is 123 Å². The number of carbonyl (C=O) groups excluding carboxylic acids is 4. The molecular weight excluding hydrogens is 410 g/mol. The second-order valence-corrected chi connectivity index (χ2v) is 7.85. The molecule has 0 bridgehead atoms. The Balaban J connectivity index is 1.51. The molecule has 5 amide bonds. The van der Waals surface area contributed by atoms with Crippen LogP contribution in [0.15, 0.2) is 48.5 Å². The minimum atomic E-state index is -1.38. The van der Waals surface area contributed by atoms with Crippen LogP contribution >= 0.6 is 0 Å². The molecule has 0 aromatic heterocycles. The monoisotopic (exact) mass is 431 g/mol. The number of hydrogen-bond acceptors (Lipinski definition) is 5. The lowest BCUT2D eigenvalue weighted by Gasteiger charge is -2.23. The number of anilines is 2. The van der Waals surface area contributed by atoms with Gasteiger partial charge in [-0.15, -0.1) is 0 Å². The average Bonchev–Trinajstić information content (AvgIpc) is 3.31. The molecule has 0 radical (unpaired) electrons. The first-order valence-corrected chi connectivity index (χ1v) is 10.2. The quantitative estimate of drug-likeness (QED) is 0.702. The van der Waals surface area contributed by atoms with Crippen molar-refractivity contribution in [1.29, 1.82) is 5.26 Å². The molecule has 2 heterocycles. The predicted octanol–water partition coefficient (Wildman–Crippen LogP) is 2.09. The number of para-hydroxylation sites is 2. The van der Waals surface area contributed by atoms with E-state index in [4.69, 9.17) is 5.26 Å². The number of nitrogens with one attached hydrogen (secondary N) is 2. The number of carbonyl (C=O) groups is 4. The van der Waals surface area contributed by atoms with Gasteiger partial charge >= 0.3 is 6.03 Å². The average molecular weight is 431 g/mol. The number of amides is 5. The number of nitrogens with zero attached hydrogens (tertiary/aromatic N) is 3. The Bertz CT molecular complexity index is 1170. The summed E-state index contributed by atoms with van der Waals surface area (Å²) in [4.78, 5) is 52.9. The van der Waals surface area contributed by atoms with Crippen molar-refractivity contribution in [3.8, 4) is 6.07 Å². The minimum Gasteiger partial charge on any atom is -0.323 e. The molecule has 1 unspecified atom stereocenters. The lowest BCUT2D eigenvalue weighted by atomic mass is 9.91. The smallest absolute Gasteiger partial charge is 0.323 e. The van der Waals surface area contributed by atoms with E-state index in [1.165, 1.54) is 13.0 Å². The van der Waals surface area contributed by atoms with Crippen molar-refractivity contribution < 1.29 is 19.2 Å². The summed E-state index contributed by atoms with van der Waals surface area (Å²) in [7, 11) is 0. The zero-order chi connectivity index (χ0) is 22.9. The van der Waals surface area contributed by atoms with E-state index in [0.717, 1.165) is 11.3 Å². The van der Waals surface area contributed by atoms with Crippen LogP contribution in [-0.4, -0.2) is 41.7 Å². The molecule has 162 valence electrons. The van der Waals surface area contributed by atoms with Crippen LogP contribution in [0.25, 0.3) is 0 Å². The molecule has 4 rings (SSSR count). The van der Waals surface area contributed by atoms with E-state index < -0.39 is 29.9 Å². The highest BCUT2D eigenvalue weighted by atomic mass is 16.2. The lowest BCUT2D eigenvalue weighted by molar-refractivity contribution is -0.133. The maximum Gasteiger partial charge on any atom is 0.325 e. The Labute approximate surface area is 184 Å². The van der Waals surface area contributed by atoms with Crippen LogP contribution in [0, 0.1) is 11.3 Å². The van der Waals surface area contributed by atoms with Crippen LogP contribution in [0.4, 0.5) is 16.2 Å². The molecular formula is C23H21N5O4. The molecule has 2 fully saturated rings. The van der Waals surface area contributed by atoms with E-state index in [1.807, 2.05) is 6.07 Å². The van der Waals surface area contributed by atoms with Crippen molar-refractivity contribution in [2.24, 2.45) is 0 Å². The van der Waals surface area contributed by atoms with Crippen LogP contribution in [0.3, 0.4) is 0 Å². The zero-order valence-corrected chi connectivity index (χ0v) is 17.4. The molecule has 9 nitrogen and oxygen atoms in total. The standard InChI is InChI=1S/C23H21N5O4/c1-23(16-7-4-6-15(12-16)13-24)21(31)28(22(32)26-23)14-19(29)25-17-8-2-3-9-18(17)27-11-5-10-20(27)30/h2-4,6-9,12H,5,10-11,14H2,1H3,(H,25,29)(H,26,32). The number of rotatable bonds is 5. The highest BCUT2D eigenvalue weighted by Gasteiger charge is 2.49. The van der Waals surface area contributed by atoms with Crippen molar-refractivity contribution >= 4 is 35.1 Å². The summed E-state index contributed by atoms with van der Waals surface area (Å²) in [6.45, 7) is 1.62. The van der Waals surface area contributed by atoms with Gasteiger partial charge in [0, 0.05) is 13.0 Å². The molecule has 0 spiro atoms. The molecule has 1 atom stereocenters. The molecule has 32 heavy (non-hydrogen) atoms. The summed E-state index contributed by atoms with van der Waals surface area (Å²) in [5.74, 6) is -1.17. The second-order valence-electron chi connectivity index (χ2n) is 7.85. The molecule has 2 N–H and O–H groups in total. The van der Waals surface area contributed by atoms with Gasteiger partial charge in [-0.3, -0.25) is 19.3 Å². The Kier molecular flexibility index (Phi) is 5.36. The van der Waals surface area contributed by atoms with Gasteiger partial charge in [0.2, 0.25) is 11.8 Å². The summed E-state index contributed by atoms with van der Waals surface area (Å²) in [5.41, 5.74) is 0.443. The zero-order valence-electron chi connectivity index (χ0n) is 17.4. The molecule has 2 saturated heterocycles. The Hall–Kier alpha value is -4.19. The van der Waals surface area contributed by atoms with E-state index in [1.54, 1.807) is 47.4 Å². The number of hydrogen-bond donors (Lipinski definition) is 2. The Morgan fingerprint density at radius 2 is 1.97 bits per heavy atom. The van der Waals surface area contributed by atoms with E-state index in [2.05, 4.69) is 10.6 Å². The van der Waals surface area contributed by atoms with Crippen molar-refractivity contribution in [3.05, 3.63) is 59.7 Å². The normalized spacial score (nSPS) is 20.3. The number of urea groups is 1. The number of imide groups is 1. The van der Waals surface area contributed by atoms with Gasteiger partial charge in [0.25, 0.3) is 5.91 Å². The number of nitriles is 1. The summed E-state index contributed by atoms with van der Waals surface area (Å²) >= 11 is 0. The van der Waals surface area contributed by atoms with E-state index >= 15 is 0 Å². The fourth-order valence-corrected chi connectivity index (χ4v) is 3.99. The predicted molar refractivity (Wildman–Crippen MR) is 115 cm³/mol. The Morgan fingerprint density at radius 3 is 2.69 bits per heavy atom. The minimum absolute atomic E-state index is 0.0174. The Morgan fingerprint density at radius 1 is 1.19 bits per heavy atom. The van der Waals surface area contributed by atoms with E-state index in [0.29, 0.717) is 35.5 Å². The van der Waals surface area contributed by atoms with Gasteiger partial charge in [-0.25, -0.2) is 4.79 Å². The summed E-state index contributed by atoms with van der Waals surface area (Å²) in [6, 6.07) is 14.6. The number of benzene rings is 2. The molecule has 2 aliphatic rings. The highest BCUT2D eigenvalue weighted by Crippen LogP contribution is 2.31. The van der Waals surface area contributed by atoms with Crippen molar-refractivity contribution in [2.45, 2.75) is 25.3 Å². The van der Waals surface area contributed by atoms with Gasteiger partial charge in [0.15, 0.2) is 0 Å². The first kappa shape index (κ1) is 21.1. The van der Waals surface area contributed by atoms with Gasteiger partial charge in [-0.1, -0.05) is 24.3 Å². The molecule has 0 aliphatic carbocycles. The third kappa shape index (κ3) is 3.67. The van der Waals surface area contributed by atoms with Crippen LogP contribution < -0.4 is 15.5 Å². The highest BCUT2D eigenvalue weighted by molar-refractivity contribution is 6.11. The fraction of sp³-hybridized carbons (Fsp3) is 0.261. The van der Waals surface area contributed by atoms with Crippen LogP contribution in [0.5, 0.6) is 0 Å². The van der Waals surface area contributed by atoms with Gasteiger partial charge in [0.05, 0.1) is 23.0 Å². The van der Waals surface area contributed by atoms with Gasteiger partial charge in [0.1, 0.15) is 12.1 Å². The summed E-state index contributed by atoms with van der Waals surface area (Å²) in [5, 5.41) is 14.5. The molecule has 2 aromatic rings. The van der Waals surface area contributed by atoms with Crippen LogP contribution in [-0.2, 0) is 19.9 Å². The van der Waals surface area contributed by atoms with E-state index in [9.17, 15) is 19.2 Å². The van der Waals surface area contributed by atoms with Gasteiger partial charge < -0.3 is 15.5 Å². The molecule has 2 aliphatic heterocycles. The lowest BCUT2D eigenvalue weighted by Crippen LogP contribution is -2.42. The van der Waals surface area contributed by atoms with E-state index in [-0.39, 0.29) is 5.91 Å². The third-order valence-corrected chi connectivity index (χ3v) is 5.69. The van der Waals surface area contributed by atoms with Crippen molar-refractivity contribution in [1.82, 2.24) is 10.2 Å². The van der Waals surface area contributed by atoms with Gasteiger partial charge in [-0.05, 0) is 43.2 Å². The van der Waals surface area contributed by atoms with Crippen LogP contribution in [0.1, 0.15) is 30.9 Å². The second kappa shape index (κ2) is 8.15. The van der Waals surface area contributed by atoms with Crippen molar-refractivity contribution in [3.63, 3.8) is 0 Å².